The van der Waals surface area contributed by atoms with Crippen LogP contribution in [0.5, 0.6) is 0 Å². The lowest BCUT2D eigenvalue weighted by Gasteiger charge is -2.33. The molecule has 2 saturated carbocycles. The Morgan fingerprint density at radius 1 is 1.32 bits per heavy atom. The minimum absolute atomic E-state index is 0.0965. The molecule has 2 unspecified atom stereocenters. The molecular formula is C15H26N2OS. The van der Waals surface area contributed by atoms with Crippen molar-refractivity contribution < 1.29 is 4.79 Å². The van der Waals surface area contributed by atoms with Crippen LogP contribution in [0.15, 0.2) is 0 Å². The first-order valence-electron chi connectivity index (χ1n) is 7.69. The van der Waals surface area contributed by atoms with Crippen molar-refractivity contribution in [2.24, 2.45) is 17.1 Å². The summed E-state index contributed by atoms with van der Waals surface area (Å²) in [5.74, 6) is 0.864. The van der Waals surface area contributed by atoms with E-state index in [1.165, 1.54) is 19.3 Å². The van der Waals surface area contributed by atoms with E-state index in [0.29, 0.717) is 11.0 Å². The van der Waals surface area contributed by atoms with Crippen LogP contribution >= 0.6 is 12.2 Å². The molecule has 0 spiro atoms. The molecule has 3 nitrogen and oxygen atoms in total. The zero-order valence-electron chi connectivity index (χ0n) is 11.9. The zero-order chi connectivity index (χ0) is 13.9. The molecule has 0 aliphatic heterocycles. The average molecular weight is 282 g/mol. The van der Waals surface area contributed by atoms with Crippen molar-refractivity contribution in [1.29, 1.82) is 0 Å². The number of thiocarbonyl (C=S) groups is 1. The summed E-state index contributed by atoms with van der Waals surface area (Å²) in [6.07, 6.45) is 9.77. The van der Waals surface area contributed by atoms with Crippen molar-refractivity contribution in [1.82, 2.24) is 5.32 Å². The maximum absolute atomic E-state index is 12.6. The van der Waals surface area contributed by atoms with Crippen molar-refractivity contribution in [3.63, 3.8) is 0 Å². The molecular weight excluding hydrogens is 256 g/mol. The number of nitrogens with one attached hydrogen (secondary N) is 1. The van der Waals surface area contributed by atoms with Gasteiger partial charge in [0.15, 0.2) is 0 Å². The van der Waals surface area contributed by atoms with Crippen LogP contribution in [0.2, 0.25) is 0 Å². The average Bonchev–Trinajstić information content (AvgIpc) is 2.89. The first kappa shape index (κ1) is 14.8. The van der Waals surface area contributed by atoms with E-state index in [2.05, 4.69) is 12.2 Å². The second kappa shape index (κ2) is 6.21. The lowest BCUT2D eigenvalue weighted by molar-refractivity contribution is -0.128. The summed E-state index contributed by atoms with van der Waals surface area (Å²) in [4.78, 5) is 13.0. The fraction of sp³-hybridized carbons (Fsp3) is 0.867. The van der Waals surface area contributed by atoms with Crippen LogP contribution in [0.4, 0.5) is 0 Å². The second-order valence-corrected chi connectivity index (χ2v) is 6.70. The molecule has 2 fully saturated rings. The van der Waals surface area contributed by atoms with Gasteiger partial charge in [-0.05, 0) is 31.6 Å². The van der Waals surface area contributed by atoms with Crippen molar-refractivity contribution in [2.75, 3.05) is 0 Å². The van der Waals surface area contributed by atoms with Gasteiger partial charge in [0.05, 0.1) is 10.4 Å². The molecule has 0 aromatic rings. The van der Waals surface area contributed by atoms with E-state index in [1.807, 2.05) is 0 Å². The first-order chi connectivity index (χ1) is 9.08. The monoisotopic (exact) mass is 282 g/mol. The number of rotatable bonds is 4. The highest BCUT2D eigenvalue weighted by Gasteiger charge is 2.44. The van der Waals surface area contributed by atoms with E-state index in [4.69, 9.17) is 18.0 Å². The highest BCUT2D eigenvalue weighted by molar-refractivity contribution is 7.80. The van der Waals surface area contributed by atoms with Crippen molar-refractivity contribution >= 4 is 23.1 Å². The number of carbonyl (C=O) groups is 1. The van der Waals surface area contributed by atoms with Gasteiger partial charge in [-0.3, -0.25) is 4.79 Å². The smallest absolute Gasteiger partial charge is 0.233 e. The van der Waals surface area contributed by atoms with Crippen LogP contribution in [0, 0.1) is 11.3 Å². The van der Waals surface area contributed by atoms with E-state index in [1.54, 1.807) is 0 Å². The third kappa shape index (κ3) is 3.10. The zero-order valence-corrected chi connectivity index (χ0v) is 12.7. The maximum Gasteiger partial charge on any atom is 0.233 e. The van der Waals surface area contributed by atoms with Crippen molar-refractivity contribution in [3.05, 3.63) is 0 Å². The van der Waals surface area contributed by atoms with Crippen molar-refractivity contribution in [2.45, 2.75) is 70.8 Å². The predicted octanol–water partition coefficient (Wildman–Crippen LogP) is 2.92. The summed E-state index contributed by atoms with van der Waals surface area (Å²) in [6, 6.07) is 0.332. The van der Waals surface area contributed by atoms with Gasteiger partial charge >= 0.3 is 0 Å². The topological polar surface area (TPSA) is 55.1 Å². The number of carbonyl (C=O) groups excluding carboxylic acids is 1. The standard InChI is InChI=1S/C15H26N2OS/c1-2-11-6-5-7-12(10-11)17-14(18)15(13(16)19)8-3-4-9-15/h11-12H,2-10H2,1H3,(H2,16,19)(H,17,18). The van der Waals surface area contributed by atoms with E-state index in [0.717, 1.165) is 44.4 Å². The van der Waals surface area contributed by atoms with E-state index in [9.17, 15) is 4.79 Å². The lowest BCUT2D eigenvalue weighted by Crippen LogP contribution is -2.51. The summed E-state index contributed by atoms with van der Waals surface area (Å²) in [6.45, 7) is 2.24. The summed E-state index contributed by atoms with van der Waals surface area (Å²) >= 11 is 5.17. The van der Waals surface area contributed by atoms with Crippen LogP contribution in [0.1, 0.15) is 64.7 Å². The highest BCUT2D eigenvalue weighted by atomic mass is 32.1. The Bertz CT molecular complexity index is 350. The van der Waals surface area contributed by atoms with Crippen LogP contribution < -0.4 is 11.1 Å². The summed E-state index contributed by atoms with van der Waals surface area (Å²) in [7, 11) is 0. The molecule has 2 aliphatic carbocycles. The largest absolute Gasteiger partial charge is 0.392 e. The molecule has 0 heterocycles. The Balaban J connectivity index is 1.97. The van der Waals surface area contributed by atoms with Crippen LogP contribution in [0.3, 0.4) is 0 Å². The molecule has 19 heavy (non-hydrogen) atoms. The molecule has 0 bridgehead atoms. The Labute approximate surface area is 121 Å². The maximum atomic E-state index is 12.6. The molecule has 0 aromatic heterocycles. The normalized spacial score (nSPS) is 29.9. The molecule has 4 heteroatoms. The number of nitrogens with two attached hydrogens (primary N) is 1. The van der Waals surface area contributed by atoms with Gasteiger partial charge in [-0.25, -0.2) is 0 Å². The number of amides is 1. The van der Waals surface area contributed by atoms with E-state index >= 15 is 0 Å². The van der Waals surface area contributed by atoms with Gasteiger partial charge in [0.1, 0.15) is 0 Å². The molecule has 3 N–H and O–H groups in total. The Morgan fingerprint density at radius 2 is 2.00 bits per heavy atom. The van der Waals surface area contributed by atoms with Gasteiger partial charge in [0.25, 0.3) is 0 Å². The molecule has 0 radical (unpaired) electrons. The minimum atomic E-state index is -0.547. The fourth-order valence-corrected chi connectivity index (χ4v) is 3.98. The molecule has 2 rings (SSSR count). The molecule has 0 saturated heterocycles. The molecule has 108 valence electrons. The summed E-state index contributed by atoms with van der Waals surface area (Å²) in [5.41, 5.74) is 5.32. The Kier molecular flexibility index (Phi) is 4.82. The molecule has 0 aromatic carbocycles. The van der Waals surface area contributed by atoms with E-state index in [-0.39, 0.29) is 5.91 Å². The van der Waals surface area contributed by atoms with Crippen LogP contribution in [-0.4, -0.2) is 16.9 Å². The minimum Gasteiger partial charge on any atom is -0.392 e. The van der Waals surface area contributed by atoms with Crippen molar-refractivity contribution in [3.8, 4) is 0 Å². The van der Waals surface area contributed by atoms with E-state index < -0.39 is 5.41 Å². The summed E-state index contributed by atoms with van der Waals surface area (Å²) < 4.78 is 0. The van der Waals surface area contributed by atoms with Gasteiger partial charge in [-0.2, -0.15) is 0 Å². The summed E-state index contributed by atoms with van der Waals surface area (Å²) in [5, 5.41) is 3.24. The van der Waals surface area contributed by atoms with Gasteiger partial charge in [-0.1, -0.05) is 51.2 Å². The highest BCUT2D eigenvalue weighted by Crippen LogP contribution is 2.39. The predicted molar refractivity (Wildman–Crippen MR) is 81.9 cm³/mol. The van der Waals surface area contributed by atoms with Gasteiger partial charge in [0.2, 0.25) is 5.91 Å². The lowest BCUT2D eigenvalue weighted by atomic mass is 9.81. The van der Waals surface area contributed by atoms with Gasteiger partial charge < -0.3 is 11.1 Å². The number of hydrogen-bond donors (Lipinski definition) is 2. The van der Waals surface area contributed by atoms with Gasteiger partial charge in [0, 0.05) is 6.04 Å². The quantitative estimate of drug-likeness (QED) is 0.780. The second-order valence-electron chi connectivity index (χ2n) is 6.26. The van der Waals surface area contributed by atoms with Crippen LogP contribution in [-0.2, 0) is 4.79 Å². The van der Waals surface area contributed by atoms with Gasteiger partial charge in [-0.15, -0.1) is 0 Å². The molecule has 2 aliphatic rings. The first-order valence-corrected chi connectivity index (χ1v) is 8.10. The fourth-order valence-electron chi connectivity index (χ4n) is 3.68. The Hall–Kier alpha value is -0.640. The molecule has 1 amide bonds. The third-order valence-corrected chi connectivity index (χ3v) is 5.45. The SMILES string of the molecule is CCC1CCCC(NC(=O)C2(C(N)=S)CCCC2)C1. The van der Waals surface area contributed by atoms with Crippen LogP contribution in [0.25, 0.3) is 0 Å². The third-order valence-electron chi connectivity index (χ3n) is 5.06. The number of hydrogen-bond acceptors (Lipinski definition) is 2. The Morgan fingerprint density at radius 3 is 2.58 bits per heavy atom. The molecule has 2 atom stereocenters.